The average molecular weight is 366 g/mol. The Morgan fingerprint density at radius 3 is 2.67 bits per heavy atom. The summed E-state index contributed by atoms with van der Waals surface area (Å²) in [6.45, 7) is 4.48. The molecule has 0 aromatic heterocycles. The lowest BCUT2D eigenvalue weighted by Crippen LogP contribution is -2.27. The zero-order valence-electron chi connectivity index (χ0n) is 13.4. The van der Waals surface area contributed by atoms with Crippen LogP contribution in [0, 0.1) is 0 Å². The van der Waals surface area contributed by atoms with Gasteiger partial charge in [0.15, 0.2) is 18.1 Å². The number of ether oxygens (including phenoxy) is 2. The van der Waals surface area contributed by atoms with Gasteiger partial charge in [-0.25, -0.2) is 0 Å². The number of thioether (sulfide) groups is 1. The van der Waals surface area contributed by atoms with Gasteiger partial charge in [-0.15, -0.1) is 0 Å². The highest BCUT2D eigenvalue weighted by Crippen LogP contribution is 2.34. The van der Waals surface area contributed by atoms with E-state index in [1.807, 2.05) is 13.8 Å². The number of carbonyl (C=O) groups is 2. The van der Waals surface area contributed by atoms with E-state index >= 15 is 0 Å². The van der Waals surface area contributed by atoms with E-state index in [4.69, 9.17) is 27.4 Å². The molecule has 1 aliphatic heterocycles. The molecule has 6 nitrogen and oxygen atoms in total. The Morgan fingerprint density at radius 1 is 1.33 bits per heavy atom. The lowest BCUT2D eigenvalue weighted by atomic mass is 10.2. The number of primary amides is 1. The van der Waals surface area contributed by atoms with E-state index in [0.29, 0.717) is 33.9 Å². The van der Waals surface area contributed by atoms with Crippen molar-refractivity contribution in [3.05, 3.63) is 28.7 Å². The molecule has 0 aliphatic carbocycles. The SMILES string of the molecule is CCOc1cc(/C=C2\SC(=S)N(CC)C2=O)ccc1OCC(N)=O. The normalized spacial score (nSPS) is 15.9. The minimum absolute atomic E-state index is 0.0977. The number of hydrogen-bond acceptors (Lipinski definition) is 6. The first-order chi connectivity index (χ1) is 11.5. The van der Waals surface area contributed by atoms with Crippen molar-refractivity contribution in [1.82, 2.24) is 4.90 Å². The van der Waals surface area contributed by atoms with Crippen molar-refractivity contribution >= 4 is 46.2 Å². The van der Waals surface area contributed by atoms with Crippen molar-refractivity contribution in [1.29, 1.82) is 0 Å². The number of likely N-dealkylation sites (N-methyl/N-ethyl adjacent to an activating group) is 1. The maximum absolute atomic E-state index is 12.2. The fourth-order valence-corrected chi connectivity index (χ4v) is 3.46. The number of amides is 2. The number of carbonyl (C=O) groups excluding carboxylic acids is 2. The van der Waals surface area contributed by atoms with Crippen molar-refractivity contribution < 1.29 is 19.1 Å². The van der Waals surface area contributed by atoms with Crippen LogP contribution in [0.5, 0.6) is 11.5 Å². The van der Waals surface area contributed by atoms with Crippen LogP contribution in [-0.4, -0.2) is 40.8 Å². The highest BCUT2D eigenvalue weighted by Gasteiger charge is 2.30. The van der Waals surface area contributed by atoms with Crippen LogP contribution >= 0.6 is 24.0 Å². The Kier molecular flexibility index (Phi) is 6.22. The Bertz CT molecular complexity index is 703. The number of hydrogen-bond donors (Lipinski definition) is 1. The van der Waals surface area contributed by atoms with Gasteiger partial charge in [-0.1, -0.05) is 30.0 Å². The zero-order valence-corrected chi connectivity index (χ0v) is 15.0. The summed E-state index contributed by atoms with van der Waals surface area (Å²) in [4.78, 5) is 25.2. The minimum Gasteiger partial charge on any atom is -0.490 e. The molecular weight excluding hydrogens is 348 g/mol. The quantitative estimate of drug-likeness (QED) is 0.588. The molecule has 1 saturated heterocycles. The first kappa shape index (κ1) is 18.3. The third kappa shape index (κ3) is 4.27. The van der Waals surface area contributed by atoms with Gasteiger partial charge >= 0.3 is 0 Å². The van der Waals surface area contributed by atoms with Crippen LogP contribution in [0.4, 0.5) is 0 Å². The Hall–Kier alpha value is -2.06. The topological polar surface area (TPSA) is 81.9 Å². The molecule has 1 aromatic carbocycles. The van der Waals surface area contributed by atoms with Gasteiger partial charge in [-0.3, -0.25) is 14.5 Å². The average Bonchev–Trinajstić information content (AvgIpc) is 2.80. The van der Waals surface area contributed by atoms with Crippen molar-refractivity contribution in [2.24, 2.45) is 5.73 Å². The summed E-state index contributed by atoms with van der Waals surface area (Å²) in [7, 11) is 0. The summed E-state index contributed by atoms with van der Waals surface area (Å²) in [5.74, 6) is 0.247. The predicted molar refractivity (Wildman–Crippen MR) is 97.9 cm³/mol. The monoisotopic (exact) mass is 366 g/mol. The van der Waals surface area contributed by atoms with Crippen molar-refractivity contribution in [3.8, 4) is 11.5 Å². The second kappa shape index (κ2) is 8.16. The van der Waals surface area contributed by atoms with Crippen LogP contribution in [0.1, 0.15) is 19.4 Å². The molecule has 8 heteroatoms. The fourth-order valence-electron chi connectivity index (χ4n) is 2.07. The van der Waals surface area contributed by atoms with Crippen molar-refractivity contribution in [2.45, 2.75) is 13.8 Å². The molecule has 0 unspecified atom stereocenters. The first-order valence-corrected chi connectivity index (χ1v) is 8.62. The van der Waals surface area contributed by atoms with Crippen LogP contribution in [0.2, 0.25) is 0 Å². The molecule has 2 rings (SSSR count). The zero-order chi connectivity index (χ0) is 17.7. The number of rotatable bonds is 7. The summed E-state index contributed by atoms with van der Waals surface area (Å²) in [5, 5.41) is 0. The summed E-state index contributed by atoms with van der Waals surface area (Å²) >= 11 is 6.47. The highest BCUT2D eigenvalue weighted by molar-refractivity contribution is 8.26. The molecule has 0 spiro atoms. The van der Waals surface area contributed by atoms with Crippen molar-refractivity contribution in [3.63, 3.8) is 0 Å². The van der Waals surface area contributed by atoms with Gasteiger partial charge in [-0.05, 0) is 37.6 Å². The van der Waals surface area contributed by atoms with Gasteiger partial charge in [0.25, 0.3) is 11.8 Å². The summed E-state index contributed by atoms with van der Waals surface area (Å²) in [5.41, 5.74) is 5.87. The van der Waals surface area contributed by atoms with Crippen molar-refractivity contribution in [2.75, 3.05) is 19.8 Å². The lowest BCUT2D eigenvalue weighted by Gasteiger charge is -2.12. The standard InChI is InChI=1S/C16H18N2O4S2/c1-3-18-15(20)13(24-16(18)23)8-10-5-6-11(22-9-14(17)19)12(7-10)21-4-2/h5-8H,3-4,9H2,1-2H3,(H2,17,19)/b13-8-. The van der Waals surface area contributed by atoms with Crippen LogP contribution in [0.15, 0.2) is 23.1 Å². The lowest BCUT2D eigenvalue weighted by molar-refractivity contribution is -0.122. The largest absolute Gasteiger partial charge is 0.490 e. The van der Waals surface area contributed by atoms with Crippen LogP contribution < -0.4 is 15.2 Å². The molecule has 1 heterocycles. The molecular formula is C16H18N2O4S2. The van der Waals surface area contributed by atoms with Crippen LogP contribution in [0.3, 0.4) is 0 Å². The molecule has 1 aliphatic rings. The molecule has 1 aromatic rings. The van der Waals surface area contributed by atoms with Crippen LogP contribution in [-0.2, 0) is 9.59 Å². The van der Waals surface area contributed by atoms with Gasteiger partial charge in [0.2, 0.25) is 0 Å². The van der Waals surface area contributed by atoms with Gasteiger partial charge in [0.05, 0.1) is 11.5 Å². The predicted octanol–water partition coefficient (Wildman–Crippen LogP) is 2.17. The van der Waals surface area contributed by atoms with E-state index in [9.17, 15) is 9.59 Å². The Balaban J connectivity index is 2.26. The van der Waals surface area contributed by atoms with Crippen LogP contribution in [0.25, 0.3) is 6.08 Å². The highest BCUT2D eigenvalue weighted by atomic mass is 32.2. The maximum atomic E-state index is 12.2. The van der Waals surface area contributed by atoms with Gasteiger partial charge in [-0.2, -0.15) is 0 Å². The van der Waals surface area contributed by atoms with Gasteiger partial charge < -0.3 is 15.2 Å². The van der Waals surface area contributed by atoms with E-state index in [-0.39, 0.29) is 12.5 Å². The number of thiocarbonyl (C=S) groups is 1. The molecule has 24 heavy (non-hydrogen) atoms. The van der Waals surface area contributed by atoms with E-state index in [1.165, 1.54) is 11.8 Å². The molecule has 0 saturated carbocycles. The molecule has 0 radical (unpaired) electrons. The van der Waals surface area contributed by atoms with E-state index in [0.717, 1.165) is 5.56 Å². The first-order valence-electron chi connectivity index (χ1n) is 7.39. The number of nitrogens with two attached hydrogens (primary N) is 1. The second-order valence-electron chi connectivity index (χ2n) is 4.82. The summed E-state index contributed by atoms with van der Waals surface area (Å²) in [6, 6.07) is 5.20. The smallest absolute Gasteiger partial charge is 0.266 e. The third-order valence-electron chi connectivity index (χ3n) is 3.13. The summed E-state index contributed by atoms with van der Waals surface area (Å²) < 4.78 is 11.4. The Labute approximate surface area is 150 Å². The van der Waals surface area contributed by atoms with E-state index < -0.39 is 5.91 Å². The van der Waals surface area contributed by atoms with Gasteiger partial charge in [0.1, 0.15) is 4.32 Å². The maximum Gasteiger partial charge on any atom is 0.266 e. The number of benzene rings is 1. The van der Waals surface area contributed by atoms with E-state index in [1.54, 1.807) is 29.2 Å². The molecule has 0 bridgehead atoms. The second-order valence-corrected chi connectivity index (χ2v) is 6.50. The van der Waals surface area contributed by atoms with E-state index in [2.05, 4.69) is 0 Å². The molecule has 2 amide bonds. The third-order valence-corrected chi connectivity index (χ3v) is 4.50. The fraction of sp³-hybridized carbons (Fsp3) is 0.312. The molecule has 2 N–H and O–H groups in total. The summed E-state index contributed by atoms with van der Waals surface area (Å²) in [6.07, 6.45) is 1.76. The molecule has 1 fully saturated rings. The molecule has 0 atom stereocenters. The Morgan fingerprint density at radius 2 is 2.08 bits per heavy atom. The number of nitrogens with zero attached hydrogens (tertiary/aromatic N) is 1. The molecule has 128 valence electrons. The minimum atomic E-state index is -0.565. The van der Waals surface area contributed by atoms with Gasteiger partial charge in [0, 0.05) is 6.54 Å².